The van der Waals surface area contributed by atoms with Crippen LogP contribution in [0.4, 0.5) is 4.79 Å². The van der Waals surface area contributed by atoms with E-state index < -0.39 is 11.5 Å². The molecule has 1 saturated heterocycles. The highest BCUT2D eigenvalue weighted by atomic mass is 16.5. The summed E-state index contributed by atoms with van der Waals surface area (Å²) in [4.78, 5) is 40.0. The number of hydrogen-bond acceptors (Lipinski definition) is 5. The molecule has 0 spiro atoms. The lowest BCUT2D eigenvalue weighted by atomic mass is 10.0. The van der Waals surface area contributed by atoms with Crippen molar-refractivity contribution >= 4 is 17.8 Å². The first-order chi connectivity index (χ1) is 14.0. The summed E-state index contributed by atoms with van der Waals surface area (Å²) >= 11 is 0. The highest BCUT2D eigenvalue weighted by molar-refractivity contribution is 6.04. The van der Waals surface area contributed by atoms with Crippen molar-refractivity contribution in [2.45, 2.75) is 66.0 Å². The number of esters is 1. The van der Waals surface area contributed by atoms with Gasteiger partial charge in [-0.2, -0.15) is 0 Å². The van der Waals surface area contributed by atoms with Crippen molar-refractivity contribution < 1.29 is 23.9 Å². The number of carbonyl (C=O) groups is 3. The molecule has 0 unspecified atom stereocenters. The van der Waals surface area contributed by atoms with E-state index in [1.165, 1.54) is 4.90 Å². The maximum Gasteiger partial charge on any atom is 0.355 e. The zero-order valence-electron chi connectivity index (χ0n) is 19.3. The molecular weight excluding hydrogens is 386 g/mol. The minimum absolute atomic E-state index is 0.0726. The summed E-state index contributed by atoms with van der Waals surface area (Å²) in [5, 5.41) is 2.93. The number of Topliss-reactive ketones (excluding diaryl/α,β-unsaturated/α-hetero) is 1. The van der Waals surface area contributed by atoms with E-state index in [0.717, 1.165) is 12.8 Å². The monoisotopic (exact) mass is 421 g/mol. The molecule has 0 aliphatic carbocycles. The largest absolute Gasteiger partial charge is 0.461 e. The van der Waals surface area contributed by atoms with Crippen LogP contribution in [0.25, 0.3) is 0 Å². The molecule has 1 aromatic rings. The van der Waals surface area contributed by atoms with E-state index in [1.54, 1.807) is 32.4 Å². The Bertz CT molecular complexity index is 801. The minimum Gasteiger partial charge on any atom is -0.461 e. The third kappa shape index (κ3) is 5.62. The highest BCUT2D eigenvalue weighted by Gasteiger charge is 2.30. The van der Waals surface area contributed by atoms with E-state index in [9.17, 15) is 14.4 Å². The van der Waals surface area contributed by atoms with Gasteiger partial charge in [0, 0.05) is 37.0 Å². The van der Waals surface area contributed by atoms with Crippen molar-refractivity contribution in [1.29, 1.82) is 0 Å². The van der Waals surface area contributed by atoms with Gasteiger partial charge in [-0.05, 0) is 59.9 Å². The molecule has 0 saturated carbocycles. The molecule has 1 aliphatic rings. The number of rotatable bonds is 7. The summed E-state index contributed by atoms with van der Waals surface area (Å²) in [7, 11) is 1.74. The molecule has 168 valence electrons. The maximum absolute atomic E-state index is 13.3. The number of hydrogen-bond donors (Lipinski definition) is 1. The standard InChI is InChI=1S/C22H35N3O5/c1-8-29-20(27)19-14(2)18(15(3)24(19)7)17(26)13-25(12-16-10-9-11-30-16)21(28)23-22(4,5)6/h16H,8-13H2,1-7H3,(H,23,28)/t16-/m0/s1. The zero-order chi connectivity index (χ0) is 22.6. The third-order valence-corrected chi connectivity index (χ3v) is 5.23. The second-order valence-electron chi connectivity index (χ2n) is 8.83. The number of amides is 2. The van der Waals surface area contributed by atoms with Crippen molar-refractivity contribution in [2.24, 2.45) is 7.05 Å². The lowest BCUT2D eigenvalue weighted by Gasteiger charge is -2.29. The number of nitrogens with zero attached hydrogens (tertiary/aromatic N) is 2. The van der Waals surface area contributed by atoms with Crippen LogP contribution in [0.5, 0.6) is 0 Å². The molecule has 1 aromatic heterocycles. The predicted octanol–water partition coefficient (Wildman–Crippen LogP) is 2.99. The Morgan fingerprint density at radius 2 is 1.93 bits per heavy atom. The molecule has 1 N–H and O–H groups in total. The van der Waals surface area contributed by atoms with E-state index in [1.807, 2.05) is 20.8 Å². The Hall–Kier alpha value is -2.35. The van der Waals surface area contributed by atoms with Crippen LogP contribution in [0.3, 0.4) is 0 Å². The van der Waals surface area contributed by atoms with Crippen LogP contribution in [0.1, 0.15) is 72.6 Å². The van der Waals surface area contributed by atoms with Crippen LogP contribution < -0.4 is 5.32 Å². The Balaban J connectivity index is 2.29. The van der Waals surface area contributed by atoms with Crippen LogP contribution in [-0.4, -0.2) is 65.2 Å². The summed E-state index contributed by atoms with van der Waals surface area (Å²) in [6.45, 7) is 12.2. The van der Waals surface area contributed by atoms with Crippen molar-refractivity contribution in [3.05, 3.63) is 22.5 Å². The van der Waals surface area contributed by atoms with E-state index in [0.29, 0.717) is 35.7 Å². The Morgan fingerprint density at radius 3 is 2.47 bits per heavy atom. The van der Waals surface area contributed by atoms with Gasteiger partial charge < -0.3 is 24.3 Å². The summed E-state index contributed by atoms with van der Waals surface area (Å²) in [5.41, 5.74) is 1.65. The van der Waals surface area contributed by atoms with Crippen LogP contribution in [0.2, 0.25) is 0 Å². The van der Waals surface area contributed by atoms with Gasteiger partial charge in [0.1, 0.15) is 5.69 Å². The van der Waals surface area contributed by atoms with E-state index in [2.05, 4.69) is 5.32 Å². The molecule has 2 rings (SSSR count). The second-order valence-corrected chi connectivity index (χ2v) is 8.83. The van der Waals surface area contributed by atoms with E-state index in [4.69, 9.17) is 9.47 Å². The fourth-order valence-electron chi connectivity index (χ4n) is 3.78. The Morgan fingerprint density at radius 1 is 1.27 bits per heavy atom. The highest BCUT2D eigenvalue weighted by Crippen LogP contribution is 2.23. The topological polar surface area (TPSA) is 89.9 Å². The predicted molar refractivity (Wildman–Crippen MR) is 114 cm³/mol. The molecular formula is C22H35N3O5. The Labute approximate surface area is 178 Å². The van der Waals surface area contributed by atoms with E-state index >= 15 is 0 Å². The van der Waals surface area contributed by atoms with Gasteiger partial charge in [0.2, 0.25) is 0 Å². The van der Waals surface area contributed by atoms with Gasteiger partial charge in [-0.15, -0.1) is 0 Å². The lowest BCUT2D eigenvalue weighted by Crippen LogP contribution is -2.51. The summed E-state index contributed by atoms with van der Waals surface area (Å²) < 4.78 is 12.5. The summed E-state index contributed by atoms with van der Waals surface area (Å²) in [6.07, 6.45) is 1.74. The molecule has 8 nitrogen and oxygen atoms in total. The summed E-state index contributed by atoms with van der Waals surface area (Å²) in [6, 6.07) is -0.303. The number of ether oxygens (including phenoxy) is 2. The van der Waals surface area contributed by atoms with Gasteiger partial charge in [-0.3, -0.25) is 4.79 Å². The fourth-order valence-corrected chi connectivity index (χ4v) is 3.78. The fraction of sp³-hybridized carbons (Fsp3) is 0.682. The lowest BCUT2D eigenvalue weighted by molar-refractivity contribution is 0.0514. The van der Waals surface area contributed by atoms with Gasteiger partial charge >= 0.3 is 12.0 Å². The molecule has 2 amide bonds. The smallest absolute Gasteiger partial charge is 0.355 e. The van der Waals surface area contributed by atoms with Crippen molar-refractivity contribution in [3.8, 4) is 0 Å². The van der Waals surface area contributed by atoms with Gasteiger partial charge in [-0.1, -0.05) is 0 Å². The Kier molecular flexibility index (Phi) is 7.69. The number of carbonyl (C=O) groups excluding carboxylic acids is 3. The zero-order valence-corrected chi connectivity index (χ0v) is 19.3. The molecule has 2 heterocycles. The van der Waals surface area contributed by atoms with Crippen molar-refractivity contribution in [2.75, 3.05) is 26.3 Å². The molecule has 0 bridgehead atoms. The van der Waals surface area contributed by atoms with Crippen LogP contribution >= 0.6 is 0 Å². The number of aromatic nitrogens is 1. The van der Waals surface area contributed by atoms with Crippen LogP contribution in [0, 0.1) is 13.8 Å². The van der Waals surface area contributed by atoms with E-state index in [-0.39, 0.29) is 31.1 Å². The normalized spacial score (nSPS) is 16.4. The summed E-state index contributed by atoms with van der Waals surface area (Å²) in [5.74, 6) is -0.667. The number of urea groups is 1. The van der Waals surface area contributed by atoms with Gasteiger partial charge in [-0.25, -0.2) is 9.59 Å². The van der Waals surface area contributed by atoms with Gasteiger partial charge in [0.15, 0.2) is 5.78 Å². The average molecular weight is 422 g/mol. The van der Waals surface area contributed by atoms with Crippen molar-refractivity contribution in [3.63, 3.8) is 0 Å². The maximum atomic E-state index is 13.3. The first kappa shape index (κ1) is 23.9. The van der Waals surface area contributed by atoms with Gasteiger partial charge in [0.05, 0.1) is 19.3 Å². The molecule has 0 radical (unpaired) electrons. The molecule has 1 fully saturated rings. The average Bonchev–Trinajstić information content (AvgIpc) is 3.20. The number of nitrogens with one attached hydrogen (secondary N) is 1. The van der Waals surface area contributed by atoms with Crippen LogP contribution in [0.15, 0.2) is 0 Å². The second kappa shape index (κ2) is 9.64. The van der Waals surface area contributed by atoms with Crippen molar-refractivity contribution in [1.82, 2.24) is 14.8 Å². The molecule has 1 aliphatic heterocycles. The number of ketones is 1. The third-order valence-electron chi connectivity index (χ3n) is 5.23. The molecule has 0 aromatic carbocycles. The van der Waals surface area contributed by atoms with Crippen LogP contribution in [-0.2, 0) is 16.5 Å². The quantitative estimate of drug-likeness (QED) is 0.540. The molecule has 8 heteroatoms. The SMILES string of the molecule is CCOC(=O)c1c(C)c(C(=O)CN(C[C@@H]2CCCO2)C(=O)NC(C)(C)C)c(C)n1C. The molecule has 1 atom stereocenters. The van der Waals surface area contributed by atoms with Gasteiger partial charge in [0.25, 0.3) is 0 Å². The minimum atomic E-state index is -0.457. The molecule has 30 heavy (non-hydrogen) atoms. The first-order valence-electron chi connectivity index (χ1n) is 10.5. The first-order valence-corrected chi connectivity index (χ1v) is 10.5.